The monoisotopic (exact) mass is 337 g/mol. The van der Waals surface area contributed by atoms with Gasteiger partial charge in [-0.1, -0.05) is 11.6 Å². The molecule has 0 amide bonds. The Kier molecular flexibility index (Phi) is 4.00. The first kappa shape index (κ1) is 14.5. The van der Waals surface area contributed by atoms with Gasteiger partial charge in [0.15, 0.2) is 0 Å². The third kappa shape index (κ3) is 3.36. The lowest BCUT2D eigenvalue weighted by molar-refractivity contribution is 0.601. The Morgan fingerprint density at radius 1 is 1.21 bits per heavy atom. The van der Waals surface area contributed by atoms with E-state index in [0.717, 1.165) is 4.88 Å². The van der Waals surface area contributed by atoms with Crippen molar-refractivity contribution in [1.29, 1.82) is 0 Å². The zero-order valence-corrected chi connectivity index (χ0v) is 13.1. The van der Waals surface area contributed by atoms with Gasteiger partial charge < -0.3 is 0 Å². The molecule has 0 bridgehead atoms. The number of hydrogen-bond donors (Lipinski definition) is 1. The molecule has 19 heavy (non-hydrogen) atoms. The van der Waals surface area contributed by atoms with Crippen LogP contribution in [0.5, 0.6) is 0 Å². The fraction of sp³-hybridized carbons (Fsp3) is 0.200. The summed E-state index contributed by atoms with van der Waals surface area (Å²) in [5, 5.41) is -0.0562. The van der Waals surface area contributed by atoms with Crippen LogP contribution in [-0.4, -0.2) is 18.4 Å². The molecule has 0 aliphatic rings. The summed E-state index contributed by atoms with van der Waals surface area (Å²) >= 11 is 12.7. The van der Waals surface area contributed by atoms with Crippen LogP contribution in [-0.2, 0) is 10.0 Å². The van der Waals surface area contributed by atoms with Gasteiger partial charge in [0, 0.05) is 15.8 Å². The summed E-state index contributed by atoms with van der Waals surface area (Å²) in [4.78, 5) is 9.25. The molecule has 2 aromatic heterocycles. The molecule has 0 atom stereocenters. The summed E-state index contributed by atoms with van der Waals surface area (Å²) in [6, 6.07) is 2.90. The summed E-state index contributed by atoms with van der Waals surface area (Å²) in [5.74, 6) is 0.0354. The van der Waals surface area contributed by atoms with Crippen LogP contribution in [0.1, 0.15) is 9.75 Å². The highest BCUT2D eigenvalue weighted by Crippen LogP contribution is 2.27. The van der Waals surface area contributed by atoms with Crippen LogP contribution in [0, 0.1) is 13.8 Å². The molecule has 0 aliphatic heterocycles. The zero-order chi connectivity index (χ0) is 14.2. The topological polar surface area (TPSA) is 72.0 Å². The molecular formula is C10H9Cl2N3O2S2. The average molecular weight is 338 g/mol. The second kappa shape index (κ2) is 5.24. The van der Waals surface area contributed by atoms with Gasteiger partial charge in [0.1, 0.15) is 15.9 Å². The number of nitrogens with zero attached hydrogens (tertiary/aromatic N) is 2. The molecule has 102 valence electrons. The van der Waals surface area contributed by atoms with Crippen LogP contribution in [0.25, 0.3) is 0 Å². The molecular weight excluding hydrogens is 329 g/mol. The highest BCUT2D eigenvalue weighted by Gasteiger charge is 2.20. The molecule has 0 aromatic carbocycles. The summed E-state index contributed by atoms with van der Waals surface area (Å²) < 4.78 is 26.7. The molecule has 0 fully saturated rings. The third-order valence-corrected chi connectivity index (χ3v) is 5.13. The quantitative estimate of drug-likeness (QED) is 0.689. The van der Waals surface area contributed by atoms with Crippen molar-refractivity contribution in [1.82, 2.24) is 9.97 Å². The second-order valence-electron chi connectivity index (χ2n) is 3.73. The predicted molar refractivity (Wildman–Crippen MR) is 76.7 cm³/mol. The number of aryl methyl sites for hydroxylation is 2. The number of halogens is 2. The molecule has 0 spiro atoms. The van der Waals surface area contributed by atoms with Gasteiger partial charge in [-0.15, -0.1) is 11.3 Å². The average Bonchev–Trinajstić information content (AvgIpc) is 2.56. The summed E-state index contributed by atoms with van der Waals surface area (Å²) in [7, 11) is -3.70. The summed E-state index contributed by atoms with van der Waals surface area (Å²) in [6.07, 6.45) is 0. The third-order valence-electron chi connectivity index (χ3n) is 2.19. The standard InChI is InChI=1S/C10H9Cl2N3O2S2/c1-5-3-7(6(2)18-5)19(16,17)15-9-4-8(11)13-10(12)14-9/h3-4H,1-2H3,(H,13,14,15). The van der Waals surface area contributed by atoms with E-state index in [4.69, 9.17) is 23.2 Å². The van der Waals surface area contributed by atoms with E-state index in [-0.39, 0.29) is 21.2 Å². The van der Waals surface area contributed by atoms with E-state index in [9.17, 15) is 8.42 Å². The van der Waals surface area contributed by atoms with Crippen LogP contribution >= 0.6 is 34.5 Å². The lowest BCUT2D eigenvalue weighted by atomic mass is 10.4. The van der Waals surface area contributed by atoms with E-state index >= 15 is 0 Å². The maximum Gasteiger partial charge on any atom is 0.264 e. The van der Waals surface area contributed by atoms with E-state index in [1.54, 1.807) is 13.0 Å². The summed E-state index contributed by atoms with van der Waals surface area (Å²) in [6.45, 7) is 3.58. The fourth-order valence-electron chi connectivity index (χ4n) is 1.51. The first-order chi connectivity index (χ1) is 8.78. The largest absolute Gasteiger partial charge is 0.264 e. The highest BCUT2D eigenvalue weighted by molar-refractivity contribution is 7.93. The first-order valence-corrected chi connectivity index (χ1v) is 8.13. The molecule has 0 aliphatic carbocycles. The van der Waals surface area contributed by atoms with E-state index in [0.29, 0.717) is 4.88 Å². The minimum Gasteiger partial charge on any atom is -0.263 e. The van der Waals surface area contributed by atoms with E-state index < -0.39 is 10.0 Å². The number of nitrogens with one attached hydrogen (secondary N) is 1. The fourth-order valence-corrected chi connectivity index (χ4v) is 4.47. The molecule has 1 N–H and O–H groups in total. The lowest BCUT2D eigenvalue weighted by Crippen LogP contribution is -2.14. The van der Waals surface area contributed by atoms with Crippen molar-refractivity contribution >= 4 is 50.4 Å². The van der Waals surface area contributed by atoms with Gasteiger partial charge in [-0.25, -0.2) is 13.4 Å². The second-order valence-corrected chi connectivity index (χ2v) is 7.56. The van der Waals surface area contributed by atoms with Gasteiger partial charge in [0.2, 0.25) is 5.28 Å². The molecule has 9 heteroatoms. The van der Waals surface area contributed by atoms with Crippen molar-refractivity contribution in [2.75, 3.05) is 4.72 Å². The lowest BCUT2D eigenvalue weighted by Gasteiger charge is -2.07. The smallest absolute Gasteiger partial charge is 0.263 e. The van der Waals surface area contributed by atoms with Crippen molar-refractivity contribution < 1.29 is 8.42 Å². The van der Waals surface area contributed by atoms with Crippen molar-refractivity contribution in [2.24, 2.45) is 0 Å². The number of hydrogen-bond acceptors (Lipinski definition) is 5. The Morgan fingerprint density at radius 3 is 2.42 bits per heavy atom. The number of rotatable bonds is 3. The van der Waals surface area contributed by atoms with Gasteiger partial charge in [-0.3, -0.25) is 4.72 Å². The highest BCUT2D eigenvalue weighted by atomic mass is 35.5. The van der Waals surface area contributed by atoms with Gasteiger partial charge in [0.05, 0.1) is 0 Å². The molecule has 0 unspecified atom stereocenters. The van der Waals surface area contributed by atoms with Crippen LogP contribution in [0.2, 0.25) is 10.4 Å². The molecule has 0 saturated heterocycles. The van der Waals surface area contributed by atoms with E-state index in [2.05, 4.69) is 14.7 Å². The maximum absolute atomic E-state index is 12.2. The van der Waals surface area contributed by atoms with E-state index in [1.165, 1.54) is 17.4 Å². The number of thiophene rings is 1. The SMILES string of the molecule is Cc1cc(S(=O)(=O)Nc2cc(Cl)nc(Cl)n2)c(C)s1. The summed E-state index contributed by atoms with van der Waals surface area (Å²) in [5.41, 5.74) is 0. The Balaban J connectivity index is 2.39. The number of anilines is 1. The van der Waals surface area contributed by atoms with Crippen LogP contribution in [0.15, 0.2) is 17.0 Å². The van der Waals surface area contributed by atoms with Gasteiger partial charge in [0.25, 0.3) is 10.0 Å². The maximum atomic E-state index is 12.2. The molecule has 2 heterocycles. The van der Waals surface area contributed by atoms with Crippen LogP contribution < -0.4 is 4.72 Å². The zero-order valence-electron chi connectivity index (χ0n) is 9.94. The minimum absolute atomic E-state index is 0.0354. The molecule has 2 rings (SSSR count). The van der Waals surface area contributed by atoms with Gasteiger partial charge >= 0.3 is 0 Å². The Hall–Kier alpha value is -0.890. The van der Waals surface area contributed by atoms with Gasteiger partial charge in [-0.05, 0) is 31.5 Å². The number of aromatic nitrogens is 2. The molecule has 0 radical (unpaired) electrons. The Morgan fingerprint density at radius 2 is 1.89 bits per heavy atom. The molecule has 2 aromatic rings. The number of sulfonamides is 1. The van der Waals surface area contributed by atoms with Crippen molar-refractivity contribution in [2.45, 2.75) is 18.7 Å². The normalized spacial score (nSPS) is 11.6. The Labute approximate surface area is 124 Å². The van der Waals surface area contributed by atoms with Crippen molar-refractivity contribution in [3.8, 4) is 0 Å². The van der Waals surface area contributed by atoms with Crippen molar-refractivity contribution in [3.63, 3.8) is 0 Å². The molecule has 0 saturated carbocycles. The predicted octanol–water partition coefficient (Wildman–Crippen LogP) is 3.26. The van der Waals surface area contributed by atoms with Crippen LogP contribution in [0.4, 0.5) is 5.82 Å². The Bertz CT molecular complexity index is 708. The van der Waals surface area contributed by atoms with Gasteiger partial charge in [-0.2, -0.15) is 4.98 Å². The van der Waals surface area contributed by atoms with Crippen molar-refractivity contribution in [3.05, 3.63) is 32.3 Å². The molecule has 5 nitrogen and oxygen atoms in total. The van der Waals surface area contributed by atoms with E-state index in [1.807, 2.05) is 6.92 Å². The van der Waals surface area contributed by atoms with Crippen LogP contribution in [0.3, 0.4) is 0 Å². The first-order valence-electron chi connectivity index (χ1n) is 5.08. The minimum atomic E-state index is -3.70.